The van der Waals surface area contributed by atoms with Gasteiger partial charge in [-0.25, -0.2) is 4.39 Å². The lowest BCUT2D eigenvalue weighted by Gasteiger charge is -2.10. The number of hydrogen-bond donors (Lipinski definition) is 0. The first-order chi connectivity index (χ1) is 7.58. The second-order valence-corrected chi connectivity index (χ2v) is 3.42. The van der Waals surface area contributed by atoms with E-state index < -0.39 is 5.82 Å². The van der Waals surface area contributed by atoms with Gasteiger partial charge >= 0.3 is 5.97 Å². The van der Waals surface area contributed by atoms with E-state index in [1.165, 1.54) is 13.2 Å². The molecule has 16 heavy (non-hydrogen) atoms. The summed E-state index contributed by atoms with van der Waals surface area (Å²) in [4.78, 5) is 11.3. The molecule has 0 aliphatic carbocycles. The maximum absolute atomic E-state index is 13.5. The third-order valence-electron chi connectivity index (χ3n) is 2.11. The Bertz CT molecular complexity index is 388. The van der Waals surface area contributed by atoms with Crippen LogP contribution >= 0.6 is 0 Å². The molecule has 0 aromatic heterocycles. The highest BCUT2D eigenvalue weighted by Crippen LogP contribution is 2.24. The summed E-state index contributed by atoms with van der Waals surface area (Å²) in [6.07, 6.45) is 0.0234. The standard InChI is InChI=1S/C12H15FO3/c1-4-16-11(14)7-9-5-8(2)6-10(13)12(9)15-3/h5-6H,4,7H2,1-3H3. The number of hydrogen-bond acceptors (Lipinski definition) is 3. The average molecular weight is 226 g/mol. The predicted octanol–water partition coefficient (Wildman–Crippen LogP) is 2.25. The largest absolute Gasteiger partial charge is 0.493 e. The predicted molar refractivity (Wildman–Crippen MR) is 58.0 cm³/mol. The molecule has 0 N–H and O–H groups in total. The number of benzene rings is 1. The molecule has 0 saturated heterocycles. The van der Waals surface area contributed by atoms with E-state index in [0.29, 0.717) is 12.2 Å². The van der Waals surface area contributed by atoms with Crippen molar-refractivity contribution in [1.82, 2.24) is 0 Å². The minimum absolute atomic E-state index is 0.0234. The van der Waals surface area contributed by atoms with Crippen LogP contribution in [0.1, 0.15) is 18.1 Å². The zero-order chi connectivity index (χ0) is 12.1. The molecule has 0 radical (unpaired) electrons. The lowest BCUT2D eigenvalue weighted by molar-refractivity contribution is -0.142. The van der Waals surface area contributed by atoms with Crippen molar-refractivity contribution in [1.29, 1.82) is 0 Å². The van der Waals surface area contributed by atoms with Crippen LogP contribution in [0.15, 0.2) is 12.1 Å². The second kappa shape index (κ2) is 5.49. The van der Waals surface area contributed by atoms with Crippen LogP contribution in [-0.2, 0) is 16.0 Å². The third-order valence-corrected chi connectivity index (χ3v) is 2.11. The minimum atomic E-state index is -0.457. The number of halogens is 1. The maximum atomic E-state index is 13.5. The van der Waals surface area contributed by atoms with Crippen molar-refractivity contribution < 1.29 is 18.7 Å². The van der Waals surface area contributed by atoms with Crippen LogP contribution in [0.25, 0.3) is 0 Å². The van der Waals surface area contributed by atoms with Gasteiger partial charge < -0.3 is 9.47 Å². The fraction of sp³-hybridized carbons (Fsp3) is 0.417. The highest BCUT2D eigenvalue weighted by molar-refractivity contribution is 5.73. The van der Waals surface area contributed by atoms with Gasteiger partial charge in [0.1, 0.15) is 0 Å². The van der Waals surface area contributed by atoms with E-state index >= 15 is 0 Å². The Kier molecular flexibility index (Phi) is 4.28. The number of methoxy groups -OCH3 is 1. The Morgan fingerprint density at radius 2 is 2.12 bits per heavy atom. The molecule has 88 valence electrons. The van der Waals surface area contributed by atoms with Crippen LogP contribution in [0.2, 0.25) is 0 Å². The van der Waals surface area contributed by atoms with E-state index in [4.69, 9.17) is 9.47 Å². The highest BCUT2D eigenvalue weighted by atomic mass is 19.1. The fourth-order valence-corrected chi connectivity index (χ4v) is 1.53. The van der Waals surface area contributed by atoms with Crippen LogP contribution in [0, 0.1) is 12.7 Å². The fourth-order valence-electron chi connectivity index (χ4n) is 1.53. The molecule has 4 heteroatoms. The number of aryl methyl sites for hydroxylation is 1. The average Bonchev–Trinajstić information content (AvgIpc) is 2.17. The van der Waals surface area contributed by atoms with E-state index in [0.717, 1.165) is 5.56 Å². The first-order valence-corrected chi connectivity index (χ1v) is 5.07. The molecule has 0 unspecified atom stereocenters. The van der Waals surface area contributed by atoms with Crippen molar-refractivity contribution in [2.24, 2.45) is 0 Å². The summed E-state index contributed by atoms with van der Waals surface area (Å²) in [5.74, 6) is -0.730. The number of rotatable bonds is 4. The number of carbonyl (C=O) groups is 1. The molecule has 1 rings (SSSR count). The maximum Gasteiger partial charge on any atom is 0.310 e. The number of esters is 1. The molecular weight excluding hydrogens is 211 g/mol. The van der Waals surface area contributed by atoms with E-state index in [1.54, 1.807) is 19.9 Å². The van der Waals surface area contributed by atoms with Crippen LogP contribution in [0.3, 0.4) is 0 Å². The van der Waals surface area contributed by atoms with Crippen molar-refractivity contribution >= 4 is 5.97 Å². The number of carbonyl (C=O) groups excluding carboxylic acids is 1. The van der Waals surface area contributed by atoms with Crippen molar-refractivity contribution in [3.63, 3.8) is 0 Å². The van der Waals surface area contributed by atoms with Crippen molar-refractivity contribution in [2.45, 2.75) is 20.3 Å². The summed E-state index contributed by atoms with van der Waals surface area (Å²) in [6, 6.07) is 3.09. The van der Waals surface area contributed by atoms with Crippen LogP contribution in [0.4, 0.5) is 4.39 Å². The lowest BCUT2D eigenvalue weighted by atomic mass is 10.1. The van der Waals surface area contributed by atoms with Gasteiger partial charge in [-0.2, -0.15) is 0 Å². The molecule has 3 nitrogen and oxygen atoms in total. The molecular formula is C12H15FO3. The zero-order valence-corrected chi connectivity index (χ0v) is 9.67. The smallest absolute Gasteiger partial charge is 0.310 e. The molecule has 0 fully saturated rings. The first kappa shape index (κ1) is 12.5. The quantitative estimate of drug-likeness (QED) is 0.739. The normalized spacial score (nSPS) is 10.0. The van der Waals surface area contributed by atoms with Gasteiger partial charge in [0.2, 0.25) is 0 Å². The summed E-state index contributed by atoms with van der Waals surface area (Å²) >= 11 is 0. The molecule has 0 amide bonds. The first-order valence-electron chi connectivity index (χ1n) is 5.07. The van der Waals surface area contributed by atoms with E-state index in [-0.39, 0.29) is 18.1 Å². The van der Waals surface area contributed by atoms with Gasteiger partial charge in [-0.15, -0.1) is 0 Å². The van der Waals surface area contributed by atoms with Gasteiger partial charge in [-0.05, 0) is 25.5 Å². The Hall–Kier alpha value is -1.58. The molecule has 0 aliphatic rings. The van der Waals surface area contributed by atoms with Crippen LogP contribution in [-0.4, -0.2) is 19.7 Å². The van der Waals surface area contributed by atoms with Gasteiger partial charge in [-0.3, -0.25) is 4.79 Å². The van der Waals surface area contributed by atoms with Gasteiger partial charge in [0, 0.05) is 5.56 Å². The monoisotopic (exact) mass is 226 g/mol. The van der Waals surface area contributed by atoms with E-state index in [2.05, 4.69) is 0 Å². The second-order valence-electron chi connectivity index (χ2n) is 3.42. The van der Waals surface area contributed by atoms with Gasteiger partial charge in [-0.1, -0.05) is 6.07 Å². The molecule has 0 saturated carbocycles. The van der Waals surface area contributed by atoms with Gasteiger partial charge in [0.25, 0.3) is 0 Å². The van der Waals surface area contributed by atoms with Crippen molar-refractivity contribution in [2.75, 3.05) is 13.7 Å². The third kappa shape index (κ3) is 2.95. The number of ether oxygens (including phenoxy) is 2. The zero-order valence-electron chi connectivity index (χ0n) is 9.67. The van der Waals surface area contributed by atoms with Gasteiger partial charge in [0.15, 0.2) is 11.6 Å². The summed E-state index contributed by atoms with van der Waals surface area (Å²) in [6.45, 7) is 3.80. The molecule has 0 heterocycles. The summed E-state index contributed by atoms with van der Waals surface area (Å²) < 4.78 is 23.2. The molecule has 0 spiro atoms. The summed E-state index contributed by atoms with van der Waals surface area (Å²) in [5.41, 5.74) is 1.26. The topological polar surface area (TPSA) is 35.5 Å². The van der Waals surface area contributed by atoms with E-state index in [9.17, 15) is 9.18 Å². The Labute approximate surface area is 94.2 Å². The molecule has 0 bridgehead atoms. The Morgan fingerprint density at radius 3 is 2.69 bits per heavy atom. The van der Waals surface area contributed by atoms with Crippen molar-refractivity contribution in [3.8, 4) is 5.75 Å². The van der Waals surface area contributed by atoms with Gasteiger partial charge in [0.05, 0.1) is 20.1 Å². The lowest BCUT2D eigenvalue weighted by Crippen LogP contribution is -2.09. The summed E-state index contributed by atoms with van der Waals surface area (Å²) in [7, 11) is 1.38. The minimum Gasteiger partial charge on any atom is -0.493 e. The van der Waals surface area contributed by atoms with E-state index in [1.807, 2.05) is 0 Å². The van der Waals surface area contributed by atoms with Crippen LogP contribution < -0.4 is 4.74 Å². The Balaban J connectivity index is 2.97. The molecule has 1 aromatic carbocycles. The van der Waals surface area contributed by atoms with Crippen molar-refractivity contribution in [3.05, 3.63) is 29.1 Å². The molecule has 1 aromatic rings. The molecule has 0 atom stereocenters. The Morgan fingerprint density at radius 1 is 1.44 bits per heavy atom. The summed E-state index contributed by atoms with van der Waals surface area (Å²) in [5, 5.41) is 0. The molecule has 0 aliphatic heterocycles. The SMILES string of the molecule is CCOC(=O)Cc1cc(C)cc(F)c1OC. The van der Waals surface area contributed by atoms with Crippen LogP contribution in [0.5, 0.6) is 5.75 Å². The highest BCUT2D eigenvalue weighted by Gasteiger charge is 2.14.